The summed E-state index contributed by atoms with van der Waals surface area (Å²) in [5.74, 6) is 0. The minimum absolute atomic E-state index is 0.0219. The van der Waals surface area contributed by atoms with Crippen LogP contribution in [0.5, 0.6) is 0 Å². The van der Waals surface area contributed by atoms with Crippen LogP contribution < -0.4 is 0 Å². The van der Waals surface area contributed by atoms with Gasteiger partial charge < -0.3 is 9.64 Å². The molecule has 0 aromatic heterocycles. The first kappa shape index (κ1) is 11.3. The molecule has 0 aliphatic carbocycles. The van der Waals surface area contributed by atoms with E-state index < -0.39 is 0 Å². The molecule has 1 aromatic rings. The number of likely N-dealkylation sites (tertiary alicyclic amines) is 1. The van der Waals surface area contributed by atoms with E-state index >= 15 is 0 Å². The molecule has 3 fully saturated rings. The molecule has 3 heterocycles. The maximum absolute atomic E-state index is 12.2. The predicted octanol–water partition coefficient (Wildman–Crippen LogP) is 1.77. The first-order valence-electron chi connectivity index (χ1n) is 6.65. The number of carbonyl (C=O) groups excluding carboxylic acids is 1. The third-order valence-corrected chi connectivity index (χ3v) is 4.16. The molecule has 4 rings (SSSR count). The number of rotatable bonds is 1. The summed E-state index contributed by atoms with van der Waals surface area (Å²) < 4.78 is 5.41. The van der Waals surface area contributed by atoms with Gasteiger partial charge in [-0.2, -0.15) is 5.06 Å². The Hall–Kier alpha value is -1.59. The molecule has 0 N–H and O–H groups in total. The van der Waals surface area contributed by atoms with Gasteiger partial charge in [-0.15, -0.1) is 0 Å². The van der Waals surface area contributed by atoms with Crippen LogP contribution in [0.3, 0.4) is 0 Å². The second kappa shape index (κ2) is 3.95. The van der Waals surface area contributed by atoms with Crippen LogP contribution in [0.2, 0.25) is 0 Å². The van der Waals surface area contributed by atoms with Gasteiger partial charge in [-0.05, 0) is 6.42 Å². The molecule has 5 nitrogen and oxygen atoms in total. The highest BCUT2D eigenvalue weighted by Crippen LogP contribution is 2.43. The molecule has 0 bridgehead atoms. The molecule has 3 aliphatic rings. The zero-order chi connectivity index (χ0) is 12.9. The van der Waals surface area contributed by atoms with Gasteiger partial charge in [0.25, 0.3) is 0 Å². The lowest BCUT2D eigenvalue weighted by Gasteiger charge is -2.46. The minimum Gasteiger partial charge on any atom is -0.381 e. The lowest BCUT2D eigenvalue weighted by atomic mass is 9.79. The number of nitrogens with zero attached hydrogens (tertiary/aromatic N) is 2. The number of benzene rings is 1. The van der Waals surface area contributed by atoms with Gasteiger partial charge in [0.05, 0.1) is 6.61 Å². The highest BCUT2D eigenvalue weighted by atomic mass is 16.8. The number of urea groups is 1. The Morgan fingerprint density at radius 1 is 1.26 bits per heavy atom. The van der Waals surface area contributed by atoms with Crippen LogP contribution in [0.15, 0.2) is 30.3 Å². The van der Waals surface area contributed by atoms with Gasteiger partial charge >= 0.3 is 6.03 Å². The molecule has 1 atom stereocenters. The first-order chi connectivity index (χ1) is 9.27. The van der Waals surface area contributed by atoms with Crippen LogP contribution in [0.1, 0.15) is 18.2 Å². The van der Waals surface area contributed by atoms with Crippen molar-refractivity contribution in [2.75, 3.05) is 26.3 Å². The molecular formula is C14H16N2O3. The van der Waals surface area contributed by atoms with Gasteiger partial charge in [0.1, 0.15) is 0 Å². The van der Waals surface area contributed by atoms with E-state index in [0.29, 0.717) is 0 Å². The molecule has 0 saturated carbocycles. The van der Waals surface area contributed by atoms with Crippen molar-refractivity contribution >= 4 is 6.03 Å². The maximum atomic E-state index is 12.2. The molecule has 1 spiro atoms. The third-order valence-electron chi connectivity index (χ3n) is 4.16. The van der Waals surface area contributed by atoms with E-state index in [1.54, 1.807) is 0 Å². The Balaban J connectivity index is 1.37. The Morgan fingerprint density at radius 3 is 2.74 bits per heavy atom. The first-order valence-corrected chi connectivity index (χ1v) is 6.65. The fourth-order valence-electron chi connectivity index (χ4n) is 2.98. The Labute approximate surface area is 111 Å². The van der Waals surface area contributed by atoms with Gasteiger partial charge in [0.15, 0.2) is 0 Å². The van der Waals surface area contributed by atoms with Gasteiger partial charge in [-0.3, -0.25) is 0 Å². The summed E-state index contributed by atoms with van der Waals surface area (Å²) in [4.78, 5) is 19.4. The number of ether oxygens (including phenoxy) is 1. The summed E-state index contributed by atoms with van der Waals surface area (Å²) in [6.45, 7) is 3.22. The van der Waals surface area contributed by atoms with Crippen LogP contribution in [-0.2, 0) is 9.57 Å². The number of hydrogen-bond acceptors (Lipinski definition) is 3. The quantitative estimate of drug-likeness (QED) is 0.723. The van der Waals surface area contributed by atoms with Crippen molar-refractivity contribution in [2.24, 2.45) is 5.41 Å². The van der Waals surface area contributed by atoms with Gasteiger partial charge in [-0.25, -0.2) is 9.63 Å². The van der Waals surface area contributed by atoms with Crippen molar-refractivity contribution in [1.82, 2.24) is 9.96 Å². The zero-order valence-electron chi connectivity index (χ0n) is 10.6. The Morgan fingerprint density at radius 2 is 2.05 bits per heavy atom. The average Bonchev–Trinajstić information content (AvgIpc) is 3.05. The van der Waals surface area contributed by atoms with Crippen molar-refractivity contribution < 1.29 is 14.4 Å². The van der Waals surface area contributed by atoms with Crippen molar-refractivity contribution in [2.45, 2.75) is 12.6 Å². The van der Waals surface area contributed by atoms with Crippen molar-refractivity contribution in [3.8, 4) is 0 Å². The summed E-state index contributed by atoms with van der Waals surface area (Å²) in [6.07, 6.45) is 0.866. The lowest BCUT2D eigenvalue weighted by molar-refractivity contribution is 0.00692. The second-order valence-corrected chi connectivity index (χ2v) is 5.64. The molecule has 0 radical (unpaired) electrons. The van der Waals surface area contributed by atoms with E-state index in [-0.39, 0.29) is 17.7 Å². The summed E-state index contributed by atoms with van der Waals surface area (Å²) in [7, 11) is 0. The zero-order valence-corrected chi connectivity index (χ0v) is 10.6. The summed E-state index contributed by atoms with van der Waals surface area (Å²) >= 11 is 0. The fourth-order valence-corrected chi connectivity index (χ4v) is 2.98. The van der Waals surface area contributed by atoms with Crippen molar-refractivity contribution in [1.29, 1.82) is 0 Å². The molecule has 1 unspecified atom stereocenters. The standard InChI is InChI=1S/C14H16N2O3/c17-13(15-8-14(9-15)6-7-18-10-14)16-12(19-16)11-4-2-1-3-5-11/h1-5,12H,6-10H2. The van der Waals surface area contributed by atoms with Gasteiger partial charge in [0.2, 0.25) is 6.23 Å². The molecule has 3 saturated heterocycles. The highest BCUT2D eigenvalue weighted by Gasteiger charge is 2.53. The monoisotopic (exact) mass is 260 g/mol. The van der Waals surface area contributed by atoms with E-state index in [9.17, 15) is 4.79 Å². The average molecular weight is 260 g/mol. The third kappa shape index (κ3) is 1.81. The maximum Gasteiger partial charge on any atom is 0.346 e. The van der Waals surface area contributed by atoms with E-state index in [4.69, 9.17) is 9.57 Å². The molecular weight excluding hydrogens is 244 g/mol. The lowest BCUT2D eigenvalue weighted by Crippen LogP contribution is -2.59. The number of carbonyl (C=O) groups is 1. The SMILES string of the molecule is O=C(N1CC2(CCOC2)C1)N1OC1c1ccccc1. The smallest absolute Gasteiger partial charge is 0.346 e. The minimum atomic E-state index is -0.204. The summed E-state index contributed by atoms with van der Waals surface area (Å²) in [5.41, 5.74) is 1.25. The van der Waals surface area contributed by atoms with Crippen LogP contribution in [0.4, 0.5) is 4.79 Å². The summed E-state index contributed by atoms with van der Waals surface area (Å²) in [6, 6.07) is 9.78. The predicted molar refractivity (Wildman–Crippen MR) is 66.9 cm³/mol. The van der Waals surface area contributed by atoms with Crippen molar-refractivity contribution in [3.63, 3.8) is 0 Å². The second-order valence-electron chi connectivity index (χ2n) is 5.64. The van der Waals surface area contributed by atoms with E-state index in [0.717, 1.165) is 38.3 Å². The number of hydrogen-bond donors (Lipinski definition) is 0. The topological polar surface area (TPSA) is 45.1 Å². The van der Waals surface area contributed by atoms with Crippen molar-refractivity contribution in [3.05, 3.63) is 35.9 Å². The Kier molecular flexibility index (Phi) is 2.34. The molecule has 1 aromatic carbocycles. The van der Waals surface area contributed by atoms with Crippen LogP contribution in [0, 0.1) is 5.41 Å². The normalized spacial score (nSPS) is 27.5. The van der Waals surface area contributed by atoms with Crippen LogP contribution >= 0.6 is 0 Å². The largest absolute Gasteiger partial charge is 0.381 e. The van der Waals surface area contributed by atoms with Crippen LogP contribution in [-0.4, -0.2) is 42.3 Å². The van der Waals surface area contributed by atoms with E-state index in [1.807, 2.05) is 35.2 Å². The Bertz CT molecular complexity index is 491. The van der Waals surface area contributed by atoms with E-state index in [1.165, 1.54) is 5.06 Å². The molecule has 5 heteroatoms. The van der Waals surface area contributed by atoms with Gasteiger partial charge in [-0.1, -0.05) is 30.3 Å². The fraction of sp³-hybridized carbons (Fsp3) is 0.500. The van der Waals surface area contributed by atoms with Crippen LogP contribution in [0.25, 0.3) is 0 Å². The van der Waals surface area contributed by atoms with Gasteiger partial charge in [0, 0.05) is 30.7 Å². The summed E-state index contributed by atoms with van der Waals surface area (Å²) in [5, 5.41) is 1.46. The molecule has 100 valence electrons. The number of hydroxylamine groups is 2. The molecule has 2 amide bonds. The molecule has 19 heavy (non-hydrogen) atoms. The molecule has 3 aliphatic heterocycles. The van der Waals surface area contributed by atoms with E-state index in [2.05, 4.69) is 0 Å². The number of amides is 2. The highest BCUT2D eigenvalue weighted by molar-refractivity contribution is 5.76.